The van der Waals surface area contributed by atoms with E-state index in [9.17, 15) is 65.8 Å². The van der Waals surface area contributed by atoms with Crippen LogP contribution < -0.4 is 9.47 Å². The lowest BCUT2D eigenvalue weighted by molar-refractivity contribution is -0.357. The Balaban J connectivity index is 1.20. The molecule has 5 aromatic rings. The Hall–Kier alpha value is -6.95. The van der Waals surface area contributed by atoms with Crippen molar-refractivity contribution in [3.05, 3.63) is 96.1 Å². The van der Waals surface area contributed by atoms with Gasteiger partial charge >= 0.3 is 23.3 Å². The molecule has 0 aliphatic carbocycles. The van der Waals surface area contributed by atoms with E-state index in [1.807, 2.05) is 0 Å². The molecule has 344 valence electrons. The third kappa shape index (κ3) is 10.2. The average molecular weight is 908 g/mol. The van der Waals surface area contributed by atoms with E-state index < -0.39 is 98.1 Å². The zero-order valence-corrected chi connectivity index (χ0v) is 33.8. The first-order valence-corrected chi connectivity index (χ1v) is 19.6. The molecule has 2 fully saturated rings. The van der Waals surface area contributed by atoms with Crippen LogP contribution in [0.4, 0.5) is 0 Å². The average Bonchev–Trinajstić information content (AvgIpc) is 3.28. The number of carbonyl (C=O) groups is 2. The van der Waals surface area contributed by atoms with Gasteiger partial charge < -0.3 is 89.3 Å². The Morgan fingerprint density at radius 3 is 2.03 bits per heavy atom. The van der Waals surface area contributed by atoms with Gasteiger partial charge in [-0.25, -0.2) is 14.0 Å². The summed E-state index contributed by atoms with van der Waals surface area (Å²) in [7, 11) is 1.29. The number of phenols is 6. The summed E-state index contributed by atoms with van der Waals surface area (Å²) in [6.07, 6.45) is -16.6. The molecular formula is C44H43O21+. The lowest BCUT2D eigenvalue weighted by Gasteiger charge is -2.45. The summed E-state index contributed by atoms with van der Waals surface area (Å²) in [5.41, 5.74) is 0.443. The van der Waals surface area contributed by atoms with Crippen molar-refractivity contribution in [2.24, 2.45) is 0 Å². The number of methoxy groups -OCH3 is 1. The minimum absolute atomic E-state index is 0.0122. The summed E-state index contributed by atoms with van der Waals surface area (Å²) in [4.78, 5) is 25.5. The number of ether oxygens (including phenoxy) is 7. The van der Waals surface area contributed by atoms with Gasteiger partial charge in [-0.05, 0) is 60.2 Å². The molecule has 0 saturated carbocycles. The molecule has 0 amide bonds. The summed E-state index contributed by atoms with van der Waals surface area (Å²) in [6.45, 7) is -1.44. The molecule has 0 unspecified atom stereocenters. The Bertz CT molecular complexity index is 2550. The number of hydrogen-bond donors (Lipinski definition) is 11. The molecule has 2 saturated heterocycles. The maximum Gasteiger partial charge on any atom is 0.402 e. The first kappa shape index (κ1) is 46.1. The molecule has 4 aromatic carbocycles. The van der Waals surface area contributed by atoms with Gasteiger partial charge in [-0.3, -0.25) is 0 Å². The van der Waals surface area contributed by atoms with E-state index in [2.05, 4.69) is 0 Å². The van der Waals surface area contributed by atoms with Crippen molar-refractivity contribution >= 4 is 29.0 Å². The number of esters is 2. The normalized spacial score (nSPS) is 25.6. The molecule has 0 radical (unpaired) electrons. The van der Waals surface area contributed by atoms with Crippen LogP contribution in [0.2, 0.25) is 0 Å². The highest BCUT2D eigenvalue weighted by Gasteiger charge is 2.52. The van der Waals surface area contributed by atoms with E-state index in [0.717, 1.165) is 12.1 Å². The van der Waals surface area contributed by atoms with Crippen LogP contribution in [0.5, 0.6) is 46.0 Å². The minimum atomic E-state index is -2.06. The van der Waals surface area contributed by atoms with Gasteiger partial charge in [0.15, 0.2) is 35.4 Å². The van der Waals surface area contributed by atoms with Gasteiger partial charge in [0.1, 0.15) is 78.6 Å². The molecule has 21 heteroatoms. The van der Waals surface area contributed by atoms with Crippen LogP contribution >= 0.6 is 0 Å². The molecular weight excluding hydrogens is 864 g/mol. The topological polar surface area (TPSA) is 333 Å². The standard InChI is InChI=1S/C44H42O21/c1-58-30-13-21(6-10-26(30)48)40-31(16-24-27(49)14-23(46)15-29(24)61-40)62-44-41(38(55)36(53)32(64-44)17-59-34(51)11-3-19-2-9-25(47)28(50)12-19)65-43-39(56)37(54)35(52)33(63-43)18-60-42(57)20-4-7-22(45)8-5-20/h2-16,32-33,35-39,41,43-44,52-56H,17-18H2,1H3,(H5-,45,46,47,48,49,50,51,57)/p+1/t32-,33-,35-,36-,37+,38+,39-,41-,43+,44-/m1/s1. The van der Waals surface area contributed by atoms with Gasteiger partial charge in [0, 0.05) is 24.3 Å². The largest absolute Gasteiger partial charge is 0.508 e. The highest BCUT2D eigenvalue weighted by atomic mass is 16.8. The smallest absolute Gasteiger partial charge is 0.402 e. The number of aromatic hydroxyl groups is 6. The molecule has 10 atom stereocenters. The number of aliphatic hydroxyl groups is 5. The van der Waals surface area contributed by atoms with Gasteiger partial charge in [-0.2, -0.15) is 0 Å². The van der Waals surface area contributed by atoms with Crippen molar-refractivity contribution in [1.82, 2.24) is 0 Å². The molecule has 3 heterocycles. The molecule has 11 N–H and O–H groups in total. The number of rotatable bonds is 13. The van der Waals surface area contributed by atoms with E-state index in [1.54, 1.807) is 0 Å². The Morgan fingerprint density at radius 1 is 0.646 bits per heavy atom. The molecule has 0 bridgehead atoms. The van der Waals surface area contributed by atoms with Crippen LogP contribution in [0.25, 0.3) is 28.4 Å². The molecule has 7 rings (SSSR count). The summed E-state index contributed by atoms with van der Waals surface area (Å²) in [5, 5.41) is 116. The molecule has 65 heavy (non-hydrogen) atoms. The van der Waals surface area contributed by atoms with E-state index in [-0.39, 0.29) is 62.4 Å². The third-order valence-electron chi connectivity index (χ3n) is 10.4. The number of aliphatic hydroxyl groups excluding tert-OH is 5. The molecule has 21 nitrogen and oxygen atoms in total. The highest BCUT2D eigenvalue weighted by Crippen LogP contribution is 2.43. The Kier molecular flexibility index (Phi) is 13.8. The molecule has 1 aromatic heterocycles. The zero-order valence-electron chi connectivity index (χ0n) is 33.8. The third-order valence-corrected chi connectivity index (χ3v) is 10.4. The van der Waals surface area contributed by atoms with Gasteiger partial charge in [-0.15, -0.1) is 0 Å². The second-order valence-electron chi connectivity index (χ2n) is 14.8. The number of carbonyl (C=O) groups excluding carboxylic acids is 2. The van der Waals surface area contributed by atoms with Crippen LogP contribution in [0.3, 0.4) is 0 Å². The van der Waals surface area contributed by atoms with Crippen molar-refractivity contribution in [2.75, 3.05) is 20.3 Å². The summed E-state index contributed by atoms with van der Waals surface area (Å²) in [6, 6.07) is 16.2. The molecule has 2 aliphatic heterocycles. The van der Waals surface area contributed by atoms with Crippen molar-refractivity contribution < 1.29 is 103 Å². The quantitative estimate of drug-likeness (QED) is 0.0347. The van der Waals surface area contributed by atoms with Gasteiger partial charge in [0.05, 0.1) is 24.3 Å². The fraction of sp³-hybridized carbons (Fsp3) is 0.295. The Morgan fingerprint density at radius 2 is 1.32 bits per heavy atom. The zero-order chi connectivity index (χ0) is 46.7. The monoisotopic (exact) mass is 907 g/mol. The summed E-state index contributed by atoms with van der Waals surface area (Å²) < 4.78 is 46.0. The van der Waals surface area contributed by atoms with Gasteiger partial charge in [0.25, 0.3) is 0 Å². The Labute approximate surface area is 366 Å². The minimum Gasteiger partial charge on any atom is -0.508 e. The van der Waals surface area contributed by atoms with E-state index in [1.165, 1.54) is 86.0 Å². The number of phenolic OH excluding ortho intramolecular Hbond substituents is 6. The maximum atomic E-state index is 12.8. The lowest BCUT2D eigenvalue weighted by atomic mass is 9.97. The first-order chi connectivity index (χ1) is 31.0. The van der Waals surface area contributed by atoms with E-state index in [0.29, 0.717) is 5.56 Å². The van der Waals surface area contributed by atoms with Crippen molar-refractivity contribution in [2.45, 2.75) is 61.4 Å². The van der Waals surface area contributed by atoms with Crippen molar-refractivity contribution in [3.63, 3.8) is 0 Å². The van der Waals surface area contributed by atoms with Crippen LogP contribution in [-0.2, 0) is 28.5 Å². The van der Waals surface area contributed by atoms with Crippen LogP contribution in [0.15, 0.2) is 89.4 Å². The second kappa shape index (κ2) is 19.4. The van der Waals surface area contributed by atoms with Crippen LogP contribution in [0, 0.1) is 0 Å². The first-order valence-electron chi connectivity index (χ1n) is 19.6. The van der Waals surface area contributed by atoms with Crippen molar-refractivity contribution in [1.29, 1.82) is 0 Å². The number of benzene rings is 4. The van der Waals surface area contributed by atoms with Crippen LogP contribution in [0.1, 0.15) is 15.9 Å². The lowest BCUT2D eigenvalue weighted by Crippen LogP contribution is -2.65. The number of fused-ring (bicyclic) bond motifs is 1. The van der Waals surface area contributed by atoms with Gasteiger partial charge in [-0.1, -0.05) is 6.07 Å². The highest BCUT2D eigenvalue weighted by molar-refractivity contribution is 5.90. The SMILES string of the molecule is COc1cc(-c2[o+]c3cc(O)cc(O)c3cc2O[C@@H]2O[C@H](COC(=O)/C=C/c3ccc(O)c(O)c3)[C@@H](O)[C@H](O)[C@H]2O[C@@H]2O[C@H](COC(=O)c3ccc(O)cc3)[C@@H](O)[C@H](O)[C@H]2O)ccc1O. The van der Waals surface area contributed by atoms with E-state index in [4.69, 9.17) is 37.6 Å². The predicted molar refractivity (Wildman–Crippen MR) is 219 cm³/mol. The fourth-order valence-corrected chi connectivity index (χ4v) is 6.88. The summed E-state index contributed by atoms with van der Waals surface area (Å²) in [5.74, 6) is -4.37. The summed E-state index contributed by atoms with van der Waals surface area (Å²) >= 11 is 0. The van der Waals surface area contributed by atoms with Gasteiger partial charge in [0.2, 0.25) is 12.0 Å². The fourth-order valence-electron chi connectivity index (χ4n) is 6.88. The molecule has 2 aliphatic rings. The predicted octanol–water partition coefficient (Wildman–Crippen LogP) is 1.75. The van der Waals surface area contributed by atoms with E-state index >= 15 is 0 Å². The second-order valence-corrected chi connectivity index (χ2v) is 14.8. The van der Waals surface area contributed by atoms with Crippen molar-refractivity contribution in [3.8, 4) is 57.3 Å². The molecule has 0 spiro atoms. The maximum absolute atomic E-state index is 12.8. The van der Waals surface area contributed by atoms with Crippen LogP contribution in [-0.4, -0.2) is 150 Å². The number of hydrogen-bond acceptors (Lipinski definition) is 20.